The molecule has 0 saturated carbocycles. The van der Waals surface area contributed by atoms with Crippen LogP contribution in [0, 0.1) is 0 Å². The van der Waals surface area contributed by atoms with Crippen LogP contribution in [0.4, 0.5) is 5.69 Å². The van der Waals surface area contributed by atoms with Crippen LogP contribution in [0.5, 0.6) is 0 Å². The second-order valence-corrected chi connectivity index (χ2v) is 4.37. The van der Waals surface area contributed by atoms with Gasteiger partial charge in [0.15, 0.2) is 0 Å². The summed E-state index contributed by atoms with van der Waals surface area (Å²) in [5, 5.41) is 2.57. The van der Waals surface area contributed by atoms with E-state index in [0.29, 0.717) is 0 Å². The van der Waals surface area contributed by atoms with Crippen LogP contribution in [0.2, 0.25) is 0 Å². The standard InChI is InChI=1S/C12H9NS/c13-10-6-3-5-9-8-4-1-2-7-11(8)14-12(9)10/h1-7H,13H2. The van der Waals surface area contributed by atoms with Crippen LogP contribution in [0.3, 0.4) is 0 Å². The molecule has 0 atom stereocenters. The molecule has 2 aromatic carbocycles. The lowest BCUT2D eigenvalue weighted by Gasteiger charge is -1.93. The number of nitrogen functional groups attached to an aromatic ring is 1. The summed E-state index contributed by atoms with van der Waals surface area (Å²) >= 11 is 1.76. The molecule has 2 N–H and O–H groups in total. The quantitative estimate of drug-likeness (QED) is 0.550. The van der Waals surface area contributed by atoms with Crippen LogP contribution in [-0.2, 0) is 0 Å². The molecule has 0 radical (unpaired) electrons. The largest absolute Gasteiger partial charge is 0.398 e. The molecule has 14 heavy (non-hydrogen) atoms. The van der Waals surface area contributed by atoms with Gasteiger partial charge < -0.3 is 5.73 Å². The molecule has 2 heteroatoms. The summed E-state index contributed by atoms with van der Waals surface area (Å²) in [4.78, 5) is 0. The number of thiophene rings is 1. The van der Waals surface area contributed by atoms with Crippen molar-refractivity contribution in [1.29, 1.82) is 0 Å². The molecule has 0 aliphatic carbocycles. The molecule has 1 nitrogen and oxygen atoms in total. The Morgan fingerprint density at radius 3 is 2.57 bits per heavy atom. The minimum atomic E-state index is 0.878. The molecule has 1 heterocycles. The predicted molar refractivity (Wildman–Crippen MR) is 63.7 cm³/mol. The Morgan fingerprint density at radius 1 is 0.857 bits per heavy atom. The van der Waals surface area contributed by atoms with Gasteiger partial charge in [0.25, 0.3) is 0 Å². The fraction of sp³-hybridized carbons (Fsp3) is 0. The summed E-state index contributed by atoms with van der Waals surface area (Å²) in [5.74, 6) is 0. The van der Waals surface area contributed by atoms with Gasteiger partial charge in [-0.15, -0.1) is 11.3 Å². The first kappa shape index (κ1) is 7.83. The van der Waals surface area contributed by atoms with E-state index in [1.807, 2.05) is 12.1 Å². The van der Waals surface area contributed by atoms with Crippen LogP contribution < -0.4 is 5.73 Å². The molecule has 1 aromatic heterocycles. The summed E-state index contributed by atoms with van der Waals surface area (Å²) < 4.78 is 2.51. The average molecular weight is 199 g/mol. The normalized spacial score (nSPS) is 11.1. The molecule has 0 unspecified atom stereocenters. The van der Waals surface area contributed by atoms with Crippen molar-refractivity contribution in [2.24, 2.45) is 0 Å². The summed E-state index contributed by atoms with van der Waals surface area (Å²) in [6.07, 6.45) is 0. The van der Waals surface area contributed by atoms with Gasteiger partial charge in [-0.2, -0.15) is 0 Å². The van der Waals surface area contributed by atoms with Crippen LogP contribution in [0.25, 0.3) is 20.2 Å². The molecular formula is C12H9NS. The SMILES string of the molecule is Nc1cccc2c1sc1ccccc12. The highest BCUT2D eigenvalue weighted by Gasteiger charge is 2.05. The topological polar surface area (TPSA) is 26.0 Å². The van der Waals surface area contributed by atoms with Crippen molar-refractivity contribution in [3.05, 3.63) is 42.5 Å². The fourth-order valence-electron chi connectivity index (χ4n) is 1.77. The van der Waals surface area contributed by atoms with Gasteiger partial charge in [-0.05, 0) is 12.1 Å². The van der Waals surface area contributed by atoms with Crippen molar-refractivity contribution in [3.8, 4) is 0 Å². The van der Waals surface area contributed by atoms with Crippen LogP contribution in [0.1, 0.15) is 0 Å². The van der Waals surface area contributed by atoms with Crippen molar-refractivity contribution < 1.29 is 0 Å². The molecule has 0 aliphatic heterocycles. The zero-order chi connectivity index (χ0) is 9.54. The molecule has 0 spiro atoms. The summed E-state index contributed by atoms with van der Waals surface area (Å²) in [5.41, 5.74) is 6.81. The Balaban J connectivity index is 2.63. The van der Waals surface area contributed by atoms with Gasteiger partial charge >= 0.3 is 0 Å². The van der Waals surface area contributed by atoms with Crippen LogP contribution in [-0.4, -0.2) is 0 Å². The predicted octanol–water partition coefficient (Wildman–Crippen LogP) is 3.64. The molecule has 0 bridgehead atoms. The Hall–Kier alpha value is -1.54. The van der Waals surface area contributed by atoms with Crippen molar-refractivity contribution in [3.63, 3.8) is 0 Å². The number of anilines is 1. The molecule has 0 aliphatic rings. The van der Waals surface area contributed by atoms with E-state index in [0.717, 1.165) is 5.69 Å². The summed E-state index contributed by atoms with van der Waals surface area (Å²) in [6.45, 7) is 0. The van der Waals surface area contributed by atoms with Crippen LogP contribution in [0.15, 0.2) is 42.5 Å². The Labute approximate surface area is 85.8 Å². The molecule has 3 aromatic rings. The maximum absolute atomic E-state index is 5.93. The fourth-order valence-corrected chi connectivity index (χ4v) is 2.90. The lowest BCUT2D eigenvalue weighted by Crippen LogP contribution is -1.81. The van der Waals surface area contributed by atoms with E-state index in [-0.39, 0.29) is 0 Å². The van der Waals surface area contributed by atoms with Gasteiger partial charge in [-0.25, -0.2) is 0 Å². The van der Waals surface area contributed by atoms with Crippen molar-refractivity contribution in [1.82, 2.24) is 0 Å². The van der Waals surface area contributed by atoms with E-state index in [4.69, 9.17) is 5.73 Å². The monoisotopic (exact) mass is 199 g/mol. The molecule has 3 rings (SSSR count). The third kappa shape index (κ3) is 0.946. The highest BCUT2D eigenvalue weighted by atomic mass is 32.1. The number of hydrogen-bond donors (Lipinski definition) is 1. The Kier molecular flexibility index (Phi) is 1.52. The maximum atomic E-state index is 5.93. The molecular weight excluding hydrogens is 190 g/mol. The lowest BCUT2D eigenvalue weighted by molar-refractivity contribution is 1.81. The van der Waals surface area contributed by atoms with Gasteiger partial charge in [-0.1, -0.05) is 30.3 Å². The van der Waals surface area contributed by atoms with E-state index in [2.05, 4.69) is 30.3 Å². The minimum Gasteiger partial charge on any atom is -0.398 e. The molecule has 0 fully saturated rings. The first-order valence-corrected chi connectivity index (χ1v) is 5.33. The first-order valence-electron chi connectivity index (χ1n) is 4.52. The number of rotatable bonds is 0. The third-order valence-electron chi connectivity index (χ3n) is 2.43. The van der Waals surface area contributed by atoms with Gasteiger partial charge in [0.05, 0.1) is 4.70 Å². The lowest BCUT2D eigenvalue weighted by atomic mass is 10.1. The second kappa shape index (κ2) is 2.72. The van der Waals surface area contributed by atoms with E-state index in [9.17, 15) is 0 Å². The third-order valence-corrected chi connectivity index (χ3v) is 3.67. The van der Waals surface area contributed by atoms with Gasteiger partial charge in [0, 0.05) is 21.2 Å². The Bertz CT molecular complexity index is 610. The van der Waals surface area contributed by atoms with E-state index in [1.165, 1.54) is 20.2 Å². The van der Waals surface area contributed by atoms with Crippen molar-refractivity contribution >= 4 is 37.2 Å². The number of nitrogens with two attached hydrogens (primary N) is 1. The van der Waals surface area contributed by atoms with Gasteiger partial charge in [-0.3, -0.25) is 0 Å². The van der Waals surface area contributed by atoms with Gasteiger partial charge in [0.2, 0.25) is 0 Å². The summed E-state index contributed by atoms with van der Waals surface area (Å²) in [7, 11) is 0. The molecule has 68 valence electrons. The average Bonchev–Trinajstić information content (AvgIpc) is 2.59. The van der Waals surface area contributed by atoms with Crippen molar-refractivity contribution in [2.75, 3.05) is 5.73 Å². The molecule has 0 saturated heterocycles. The van der Waals surface area contributed by atoms with Gasteiger partial charge in [0.1, 0.15) is 0 Å². The highest BCUT2D eigenvalue weighted by molar-refractivity contribution is 7.26. The van der Waals surface area contributed by atoms with E-state index < -0.39 is 0 Å². The second-order valence-electron chi connectivity index (χ2n) is 3.32. The summed E-state index contributed by atoms with van der Waals surface area (Å²) in [6, 6.07) is 14.5. The van der Waals surface area contributed by atoms with E-state index >= 15 is 0 Å². The zero-order valence-electron chi connectivity index (χ0n) is 7.53. The number of benzene rings is 2. The number of fused-ring (bicyclic) bond motifs is 3. The maximum Gasteiger partial charge on any atom is 0.0584 e. The first-order chi connectivity index (χ1) is 6.86. The minimum absolute atomic E-state index is 0.878. The highest BCUT2D eigenvalue weighted by Crippen LogP contribution is 2.36. The van der Waals surface area contributed by atoms with Crippen molar-refractivity contribution in [2.45, 2.75) is 0 Å². The van der Waals surface area contributed by atoms with E-state index in [1.54, 1.807) is 11.3 Å². The smallest absolute Gasteiger partial charge is 0.0584 e. The molecule has 0 amide bonds. The Morgan fingerprint density at radius 2 is 1.64 bits per heavy atom. The zero-order valence-corrected chi connectivity index (χ0v) is 8.34. The van der Waals surface area contributed by atoms with Crippen LogP contribution >= 0.6 is 11.3 Å². The number of hydrogen-bond acceptors (Lipinski definition) is 2.